The zero-order chi connectivity index (χ0) is 17.2. The van der Waals surface area contributed by atoms with E-state index in [1.807, 2.05) is 18.2 Å². The van der Waals surface area contributed by atoms with Crippen molar-refractivity contribution in [3.05, 3.63) is 89.1 Å². The van der Waals surface area contributed by atoms with Crippen LogP contribution in [0.5, 0.6) is 0 Å². The van der Waals surface area contributed by atoms with Crippen LogP contribution in [0, 0.1) is 5.82 Å². The van der Waals surface area contributed by atoms with Gasteiger partial charge in [-0.1, -0.05) is 12.1 Å². The third-order valence-electron chi connectivity index (χ3n) is 4.04. The second kappa shape index (κ2) is 6.24. The van der Waals surface area contributed by atoms with Crippen molar-refractivity contribution < 1.29 is 4.39 Å². The second-order valence-corrected chi connectivity index (χ2v) is 5.59. The quantitative estimate of drug-likeness (QED) is 0.578. The molecule has 0 saturated carbocycles. The topological polar surface area (TPSA) is 60.7 Å². The lowest BCUT2D eigenvalue weighted by Gasteiger charge is -2.11. The summed E-state index contributed by atoms with van der Waals surface area (Å²) >= 11 is 0. The van der Waals surface area contributed by atoms with Crippen molar-refractivity contribution in [1.82, 2.24) is 19.5 Å². The standard InChI is InChI=1S/C19H13FN4O/c20-16-9-14(13-3-6-21-7-4-13)1-2-15(16)12-24-18-10-22-8-5-17(18)23-11-19(24)25/h1-11H,12H2. The fourth-order valence-electron chi connectivity index (χ4n) is 2.74. The van der Waals surface area contributed by atoms with Crippen LogP contribution in [0.3, 0.4) is 0 Å². The van der Waals surface area contributed by atoms with Crippen LogP contribution in [0.2, 0.25) is 0 Å². The molecule has 0 fully saturated rings. The number of pyridine rings is 2. The first kappa shape index (κ1) is 15.1. The Morgan fingerprint density at radius 1 is 0.920 bits per heavy atom. The average Bonchev–Trinajstić information content (AvgIpc) is 2.66. The first-order valence-corrected chi connectivity index (χ1v) is 7.71. The Kier molecular flexibility index (Phi) is 3.78. The molecule has 3 aromatic heterocycles. The van der Waals surface area contributed by atoms with Gasteiger partial charge in [-0.3, -0.25) is 19.3 Å². The maximum atomic E-state index is 14.6. The molecule has 5 nitrogen and oxygen atoms in total. The van der Waals surface area contributed by atoms with Crippen molar-refractivity contribution >= 4 is 11.0 Å². The van der Waals surface area contributed by atoms with Crippen LogP contribution in [-0.2, 0) is 6.54 Å². The van der Waals surface area contributed by atoms with Crippen molar-refractivity contribution in [1.29, 1.82) is 0 Å². The summed E-state index contributed by atoms with van der Waals surface area (Å²) in [6.07, 6.45) is 7.74. The van der Waals surface area contributed by atoms with Crippen LogP contribution in [0.15, 0.2) is 72.2 Å². The van der Waals surface area contributed by atoms with E-state index in [0.717, 1.165) is 11.1 Å². The van der Waals surface area contributed by atoms with Crippen molar-refractivity contribution in [2.75, 3.05) is 0 Å². The molecule has 0 bridgehead atoms. The van der Waals surface area contributed by atoms with Gasteiger partial charge in [0.1, 0.15) is 5.82 Å². The summed E-state index contributed by atoms with van der Waals surface area (Å²) in [6.45, 7) is 0.117. The number of nitrogens with zero attached hydrogens (tertiary/aromatic N) is 4. The van der Waals surface area contributed by atoms with E-state index in [4.69, 9.17) is 0 Å². The molecule has 4 aromatic rings. The third-order valence-corrected chi connectivity index (χ3v) is 4.04. The summed E-state index contributed by atoms with van der Waals surface area (Å²) in [4.78, 5) is 24.3. The summed E-state index contributed by atoms with van der Waals surface area (Å²) in [6, 6.07) is 10.4. The predicted molar refractivity (Wildman–Crippen MR) is 92.5 cm³/mol. The highest BCUT2D eigenvalue weighted by atomic mass is 19.1. The Morgan fingerprint density at radius 2 is 1.72 bits per heavy atom. The number of hydrogen-bond donors (Lipinski definition) is 0. The molecule has 1 aromatic carbocycles. The number of benzene rings is 1. The minimum absolute atomic E-state index is 0.117. The molecule has 0 atom stereocenters. The maximum Gasteiger partial charge on any atom is 0.269 e. The smallest absolute Gasteiger partial charge is 0.269 e. The molecule has 0 aliphatic carbocycles. The van der Waals surface area contributed by atoms with E-state index >= 15 is 0 Å². The van der Waals surface area contributed by atoms with Gasteiger partial charge in [-0.25, -0.2) is 9.37 Å². The number of hydrogen-bond acceptors (Lipinski definition) is 4. The number of aromatic nitrogens is 4. The van der Waals surface area contributed by atoms with Gasteiger partial charge in [0.05, 0.1) is 30.0 Å². The molecule has 0 radical (unpaired) electrons. The average molecular weight is 332 g/mol. The lowest BCUT2D eigenvalue weighted by Crippen LogP contribution is -2.21. The largest absolute Gasteiger partial charge is 0.299 e. The van der Waals surface area contributed by atoms with E-state index in [9.17, 15) is 9.18 Å². The van der Waals surface area contributed by atoms with E-state index in [2.05, 4.69) is 15.0 Å². The van der Waals surface area contributed by atoms with E-state index in [0.29, 0.717) is 16.6 Å². The molecule has 0 spiro atoms. The highest BCUT2D eigenvalue weighted by Gasteiger charge is 2.10. The molecule has 0 aliphatic rings. The Balaban J connectivity index is 1.75. The predicted octanol–water partition coefficient (Wildman–Crippen LogP) is 3.04. The summed E-state index contributed by atoms with van der Waals surface area (Å²) in [7, 11) is 0. The second-order valence-electron chi connectivity index (χ2n) is 5.59. The molecule has 4 rings (SSSR count). The van der Waals surface area contributed by atoms with Crippen LogP contribution in [0.25, 0.3) is 22.2 Å². The van der Waals surface area contributed by atoms with Crippen LogP contribution < -0.4 is 5.56 Å². The molecular formula is C19H13FN4O. The Labute approximate surface area is 142 Å². The van der Waals surface area contributed by atoms with Gasteiger partial charge in [0, 0.05) is 24.2 Å². The number of rotatable bonds is 3. The summed E-state index contributed by atoms with van der Waals surface area (Å²) in [5.41, 5.74) is 3.00. The number of fused-ring (bicyclic) bond motifs is 1. The minimum atomic E-state index is -0.366. The van der Waals surface area contributed by atoms with Crippen molar-refractivity contribution in [3.8, 4) is 11.1 Å². The first-order chi connectivity index (χ1) is 12.2. The molecule has 122 valence electrons. The van der Waals surface area contributed by atoms with Crippen LogP contribution >= 0.6 is 0 Å². The SMILES string of the molecule is O=c1cnc2ccncc2n1Cc1ccc(-c2ccncc2)cc1F. The normalized spacial score (nSPS) is 10.9. The van der Waals surface area contributed by atoms with Gasteiger partial charge in [-0.2, -0.15) is 0 Å². The molecule has 0 aliphatic heterocycles. The van der Waals surface area contributed by atoms with E-state index in [1.54, 1.807) is 36.9 Å². The van der Waals surface area contributed by atoms with E-state index in [-0.39, 0.29) is 17.9 Å². The minimum Gasteiger partial charge on any atom is -0.299 e. The maximum absolute atomic E-state index is 14.6. The monoisotopic (exact) mass is 332 g/mol. The summed E-state index contributed by atoms with van der Waals surface area (Å²) in [5.74, 6) is -0.366. The van der Waals surface area contributed by atoms with E-state index < -0.39 is 0 Å². The van der Waals surface area contributed by atoms with Gasteiger partial charge in [0.25, 0.3) is 5.56 Å². The molecular weight excluding hydrogens is 319 g/mol. The number of halogens is 1. The zero-order valence-electron chi connectivity index (χ0n) is 13.1. The Hall–Kier alpha value is -3.41. The first-order valence-electron chi connectivity index (χ1n) is 7.71. The Bertz CT molecular complexity index is 1110. The van der Waals surface area contributed by atoms with Crippen molar-refractivity contribution in [2.45, 2.75) is 6.54 Å². The molecule has 0 N–H and O–H groups in total. The van der Waals surface area contributed by atoms with Crippen molar-refractivity contribution in [2.24, 2.45) is 0 Å². The van der Waals surface area contributed by atoms with Gasteiger partial charge in [0.2, 0.25) is 0 Å². The molecule has 0 amide bonds. The van der Waals surface area contributed by atoms with Crippen LogP contribution in [0.1, 0.15) is 5.56 Å². The highest BCUT2D eigenvalue weighted by molar-refractivity contribution is 5.73. The fourth-order valence-corrected chi connectivity index (χ4v) is 2.74. The van der Waals surface area contributed by atoms with Gasteiger partial charge in [-0.05, 0) is 35.4 Å². The fraction of sp³-hybridized carbons (Fsp3) is 0.0526. The summed E-state index contributed by atoms with van der Waals surface area (Å²) < 4.78 is 16.1. The third kappa shape index (κ3) is 2.89. The molecule has 0 unspecified atom stereocenters. The van der Waals surface area contributed by atoms with Gasteiger partial charge in [0.15, 0.2) is 0 Å². The summed E-state index contributed by atoms with van der Waals surface area (Å²) in [5, 5.41) is 0. The van der Waals surface area contributed by atoms with Gasteiger partial charge in [-0.15, -0.1) is 0 Å². The lowest BCUT2D eigenvalue weighted by atomic mass is 10.0. The Morgan fingerprint density at radius 3 is 2.52 bits per heavy atom. The zero-order valence-corrected chi connectivity index (χ0v) is 13.1. The van der Waals surface area contributed by atoms with Crippen molar-refractivity contribution in [3.63, 3.8) is 0 Å². The lowest BCUT2D eigenvalue weighted by molar-refractivity contribution is 0.599. The van der Waals surface area contributed by atoms with E-state index in [1.165, 1.54) is 16.8 Å². The molecule has 25 heavy (non-hydrogen) atoms. The molecule has 0 saturated heterocycles. The van der Waals surface area contributed by atoms with Gasteiger partial charge < -0.3 is 0 Å². The van der Waals surface area contributed by atoms with Gasteiger partial charge >= 0.3 is 0 Å². The van der Waals surface area contributed by atoms with Crippen LogP contribution in [0.4, 0.5) is 4.39 Å². The highest BCUT2D eigenvalue weighted by Crippen LogP contribution is 2.22. The molecule has 3 heterocycles. The molecule has 6 heteroatoms. The van der Waals surface area contributed by atoms with Crippen LogP contribution in [-0.4, -0.2) is 19.5 Å².